The fraction of sp³-hybridized carbons (Fsp3) is 0.214. The lowest BCUT2D eigenvalue weighted by Gasteiger charge is -2.15. The molecule has 0 bridgehead atoms. The average Bonchev–Trinajstić information content (AvgIpc) is 2.88. The lowest BCUT2D eigenvalue weighted by atomic mass is 10.1. The van der Waals surface area contributed by atoms with Gasteiger partial charge in [0.2, 0.25) is 0 Å². The molecule has 0 radical (unpaired) electrons. The Bertz CT molecular complexity index is 551. The molecule has 2 rings (SSSR count). The molecule has 1 unspecified atom stereocenters. The number of hydrogen-bond acceptors (Lipinski definition) is 2. The first-order valence-electron chi connectivity index (χ1n) is 5.90. The summed E-state index contributed by atoms with van der Waals surface area (Å²) in [6.07, 6.45) is 0.855. The fourth-order valence-electron chi connectivity index (χ4n) is 1.79. The highest BCUT2D eigenvalue weighted by molar-refractivity contribution is 9.10. The highest BCUT2D eigenvalue weighted by Crippen LogP contribution is 2.24. The van der Waals surface area contributed by atoms with E-state index in [0.717, 1.165) is 15.8 Å². The summed E-state index contributed by atoms with van der Waals surface area (Å²) in [5.41, 5.74) is 0.564. The molecule has 1 amide bonds. The van der Waals surface area contributed by atoms with Gasteiger partial charge in [-0.2, -0.15) is 0 Å². The van der Waals surface area contributed by atoms with Gasteiger partial charge in [0.25, 0.3) is 5.91 Å². The number of hydrogen-bond donors (Lipinski definition) is 1. The zero-order valence-corrected chi connectivity index (χ0v) is 13.5. The first-order chi connectivity index (χ1) is 9.10. The first-order valence-corrected chi connectivity index (χ1v) is 7.95. The van der Waals surface area contributed by atoms with E-state index >= 15 is 0 Å². The van der Waals surface area contributed by atoms with Crippen LogP contribution in [-0.2, 0) is 0 Å². The predicted molar refractivity (Wildman–Crippen MR) is 84.0 cm³/mol. The Hall–Kier alpha value is -0.840. The number of carbonyl (C=O) groups is 1. The average molecular weight is 359 g/mol. The van der Waals surface area contributed by atoms with E-state index in [1.54, 1.807) is 29.5 Å². The summed E-state index contributed by atoms with van der Waals surface area (Å²) in [5, 5.41) is 5.59. The molecule has 2 aromatic rings. The maximum atomic E-state index is 12.2. The first kappa shape index (κ1) is 14.6. The number of nitrogens with one attached hydrogen (secondary N) is 1. The van der Waals surface area contributed by atoms with Gasteiger partial charge >= 0.3 is 0 Å². The minimum atomic E-state index is -0.108. The summed E-state index contributed by atoms with van der Waals surface area (Å²) in [4.78, 5) is 13.4. The lowest BCUT2D eigenvalue weighted by molar-refractivity contribution is 0.0936. The van der Waals surface area contributed by atoms with Crippen LogP contribution in [0.1, 0.15) is 34.6 Å². The van der Waals surface area contributed by atoms with Crippen molar-refractivity contribution in [2.24, 2.45) is 0 Å². The highest BCUT2D eigenvalue weighted by atomic mass is 79.9. The molecule has 5 heteroatoms. The molecule has 1 heterocycles. The summed E-state index contributed by atoms with van der Waals surface area (Å²) in [5.74, 6) is -0.108. The Kier molecular flexibility index (Phi) is 5.02. The van der Waals surface area contributed by atoms with Crippen molar-refractivity contribution in [3.05, 3.63) is 55.6 Å². The van der Waals surface area contributed by atoms with Crippen LogP contribution >= 0.6 is 38.9 Å². The molecule has 0 aliphatic rings. The molecule has 0 saturated carbocycles. The van der Waals surface area contributed by atoms with Crippen LogP contribution in [0.5, 0.6) is 0 Å². The number of rotatable bonds is 4. The quantitative estimate of drug-likeness (QED) is 0.814. The van der Waals surface area contributed by atoms with E-state index in [-0.39, 0.29) is 11.9 Å². The van der Waals surface area contributed by atoms with Gasteiger partial charge in [0.05, 0.1) is 6.04 Å². The number of carbonyl (C=O) groups excluding carboxylic acids is 1. The van der Waals surface area contributed by atoms with Crippen molar-refractivity contribution in [2.75, 3.05) is 0 Å². The van der Waals surface area contributed by atoms with Crippen LogP contribution in [0.4, 0.5) is 0 Å². The van der Waals surface area contributed by atoms with Gasteiger partial charge in [0.15, 0.2) is 0 Å². The molecule has 1 N–H and O–H groups in total. The summed E-state index contributed by atoms with van der Waals surface area (Å²) in [6.45, 7) is 2.05. The molecule has 0 spiro atoms. The fourth-order valence-corrected chi connectivity index (χ4v) is 3.51. The Morgan fingerprint density at radius 3 is 2.84 bits per heavy atom. The number of thiophene rings is 1. The minimum Gasteiger partial charge on any atom is -0.344 e. The van der Waals surface area contributed by atoms with Gasteiger partial charge < -0.3 is 5.32 Å². The zero-order chi connectivity index (χ0) is 13.8. The smallest absolute Gasteiger partial charge is 0.251 e. The summed E-state index contributed by atoms with van der Waals surface area (Å²) >= 11 is 10.9. The van der Waals surface area contributed by atoms with Gasteiger partial charge in [-0.1, -0.05) is 40.5 Å². The van der Waals surface area contributed by atoms with Crippen LogP contribution in [0.3, 0.4) is 0 Å². The van der Waals surface area contributed by atoms with Crippen molar-refractivity contribution >= 4 is 44.8 Å². The minimum absolute atomic E-state index is 0.0465. The van der Waals surface area contributed by atoms with Crippen molar-refractivity contribution in [3.63, 3.8) is 0 Å². The molecule has 0 saturated heterocycles. The summed E-state index contributed by atoms with van der Waals surface area (Å²) < 4.78 is 0.800. The third-order valence-corrected chi connectivity index (χ3v) is 4.39. The standard InChI is InChI=1S/C14H13BrClNOS/c1-2-12(13-4-3-5-19-13)17-14(18)9-6-10(15)8-11(16)7-9/h3-8,12H,2H2,1H3,(H,17,18). The van der Waals surface area contributed by atoms with E-state index in [0.29, 0.717) is 10.6 Å². The van der Waals surface area contributed by atoms with E-state index in [1.807, 2.05) is 17.5 Å². The Labute approximate surface area is 129 Å². The third-order valence-electron chi connectivity index (χ3n) is 2.72. The second-order valence-corrected chi connectivity index (χ2v) is 6.44. The van der Waals surface area contributed by atoms with Gasteiger partial charge in [-0.05, 0) is 36.1 Å². The van der Waals surface area contributed by atoms with Crippen molar-refractivity contribution < 1.29 is 4.79 Å². The van der Waals surface area contributed by atoms with E-state index in [1.165, 1.54) is 0 Å². The van der Waals surface area contributed by atoms with Crippen LogP contribution in [-0.4, -0.2) is 5.91 Å². The molecule has 0 aliphatic heterocycles. The van der Waals surface area contributed by atoms with Crippen molar-refractivity contribution in [3.8, 4) is 0 Å². The monoisotopic (exact) mass is 357 g/mol. The molecule has 1 atom stereocenters. The summed E-state index contributed by atoms with van der Waals surface area (Å²) in [6, 6.07) is 9.27. The van der Waals surface area contributed by atoms with Crippen molar-refractivity contribution in [1.82, 2.24) is 5.32 Å². The van der Waals surface area contributed by atoms with Gasteiger partial charge in [-0.25, -0.2) is 0 Å². The van der Waals surface area contributed by atoms with Gasteiger partial charge in [-0.15, -0.1) is 11.3 Å². The van der Waals surface area contributed by atoms with Crippen LogP contribution in [0.15, 0.2) is 40.2 Å². The summed E-state index contributed by atoms with van der Waals surface area (Å²) in [7, 11) is 0. The maximum Gasteiger partial charge on any atom is 0.251 e. The second-order valence-electron chi connectivity index (χ2n) is 4.11. The van der Waals surface area contributed by atoms with Gasteiger partial charge in [0, 0.05) is 19.9 Å². The molecule has 100 valence electrons. The van der Waals surface area contributed by atoms with Crippen LogP contribution in [0.2, 0.25) is 5.02 Å². The normalized spacial score (nSPS) is 12.2. The molecular weight excluding hydrogens is 346 g/mol. The molecular formula is C14H13BrClNOS. The number of benzene rings is 1. The maximum absolute atomic E-state index is 12.2. The molecule has 1 aromatic heterocycles. The van der Waals surface area contributed by atoms with E-state index < -0.39 is 0 Å². The Morgan fingerprint density at radius 1 is 1.47 bits per heavy atom. The van der Waals surface area contributed by atoms with Crippen LogP contribution in [0, 0.1) is 0 Å². The molecule has 2 nitrogen and oxygen atoms in total. The molecule has 1 aromatic carbocycles. The lowest BCUT2D eigenvalue weighted by Crippen LogP contribution is -2.27. The van der Waals surface area contributed by atoms with E-state index in [2.05, 4.69) is 28.2 Å². The van der Waals surface area contributed by atoms with E-state index in [4.69, 9.17) is 11.6 Å². The molecule has 0 aliphatic carbocycles. The van der Waals surface area contributed by atoms with Crippen molar-refractivity contribution in [1.29, 1.82) is 0 Å². The van der Waals surface area contributed by atoms with Gasteiger partial charge in [0.1, 0.15) is 0 Å². The van der Waals surface area contributed by atoms with Crippen LogP contribution in [0.25, 0.3) is 0 Å². The van der Waals surface area contributed by atoms with Crippen molar-refractivity contribution in [2.45, 2.75) is 19.4 Å². The SMILES string of the molecule is CCC(NC(=O)c1cc(Cl)cc(Br)c1)c1cccs1. The van der Waals surface area contributed by atoms with E-state index in [9.17, 15) is 4.79 Å². The zero-order valence-electron chi connectivity index (χ0n) is 10.3. The van der Waals surface area contributed by atoms with Crippen LogP contribution < -0.4 is 5.32 Å². The third kappa shape index (κ3) is 3.81. The predicted octanol–water partition coefficient (Wildman–Crippen LogP) is 5.05. The Morgan fingerprint density at radius 2 is 2.26 bits per heavy atom. The second kappa shape index (κ2) is 6.55. The largest absolute Gasteiger partial charge is 0.344 e. The number of halogens is 2. The molecule has 19 heavy (non-hydrogen) atoms. The Balaban J connectivity index is 2.15. The van der Waals surface area contributed by atoms with Gasteiger partial charge in [-0.3, -0.25) is 4.79 Å². The topological polar surface area (TPSA) is 29.1 Å². The highest BCUT2D eigenvalue weighted by Gasteiger charge is 2.15. The molecule has 0 fully saturated rings. The number of amides is 1.